The lowest BCUT2D eigenvalue weighted by Crippen LogP contribution is -2.34. The van der Waals surface area contributed by atoms with Crippen molar-refractivity contribution in [2.75, 3.05) is 21.3 Å². The zero-order valence-corrected chi connectivity index (χ0v) is 9.02. The molecule has 0 N–H and O–H groups in total. The van der Waals surface area contributed by atoms with Crippen LogP contribution in [0.15, 0.2) is 24.3 Å². The van der Waals surface area contributed by atoms with E-state index in [0.29, 0.717) is 11.1 Å². The molecule has 4 nitrogen and oxygen atoms in total. The molecule has 0 heterocycles. The van der Waals surface area contributed by atoms with Gasteiger partial charge in [-0.05, 0) is 0 Å². The van der Waals surface area contributed by atoms with Gasteiger partial charge in [-0.2, -0.15) is 0 Å². The first kappa shape index (κ1) is 11.8. The molecule has 0 aliphatic carbocycles. The van der Waals surface area contributed by atoms with Gasteiger partial charge in [0, 0.05) is 26.9 Å². The predicted molar refractivity (Wildman–Crippen MR) is 54.5 cm³/mol. The summed E-state index contributed by atoms with van der Waals surface area (Å²) in [5.41, 5.74) is 1.02. The molecule has 1 aromatic rings. The maximum atomic E-state index is 10.9. The molecule has 0 aromatic heterocycles. The fraction of sp³-hybridized carbons (Fsp3) is 0.364. The van der Waals surface area contributed by atoms with Gasteiger partial charge in [0.05, 0.1) is 5.56 Å². The summed E-state index contributed by atoms with van der Waals surface area (Å²) in [7, 11) is 4.36. The minimum Gasteiger partial charge on any atom is -0.327 e. The van der Waals surface area contributed by atoms with E-state index in [4.69, 9.17) is 14.2 Å². The topological polar surface area (TPSA) is 44.8 Å². The number of ether oxygens (including phenoxy) is 3. The highest BCUT2D eigenvalue weighted by atomic mass is 16.9. The lowest BCUT2D eigenvalue weighted by Gasteiger charge is -2.29. The Kier molecular flexibility index (Phi) is 3.96. The summed E-state index contributed by atoms with van der Waals surface area (Å²) in [6.07, 6.45) is 0.737. The average Bonchev–Trinajstić information content (AvgIpc) is 2.33. The first-order chi connectivity index (χ1) is 7.24. The molecule has 0 saturated carbocycles. The number of carbonyl (C=O) groups excluding carboxylic acids is 1. The molecule has 82 valence electrons. The van der Waals surface area contributed by atoms with Crippen molar-refractivity contribution >= 4 is 6.29 Å². The summed E-state index contributed by atoms with van der Waals surface area (Å²) < 4.78 is 15.5. The largest absolute Gasteiger partial charge is 0.327 e. The number of aldehydes is 1. The van der Waals surface area contributed by atoms with E-state index >= 15 is 0 Å². The summed E-state index contributed by atoms with van der Waals surface area (Å²) in [5.74, 6) is -1.32. The summed E-state index contributed by atoms with van der Waals surface area (Å²) in [6, 6.07) is 6.95. The Balaban J connectivity index is 3.27. The van der Waals surface area contributed by atoms with Crippen molar-refractivity contribution in [3.8, 4) is 0 Å². The second kappa shape index (κ2) is 5.02. The molecule has 0 aliphatic heterocycles. The SMILES string of the molecule is COC(OC)(OC)c1ccccc1C=O. The second-order valence-electron chi connectivity index (χ2n) is 2.87. The number of rotatable bonds is 5. The first-order valence-corrected chi connectivity index (χ1v) is 4.44. The minimum atomic E-state index is -1.32. The number of carbonyl (C=O) groups is 1. The third-order valence-corrected chi connectivity index (χ3v) is 2.22. The highest BCUT2D eigenvalue weighted by Crippen LogP contribution is 2.28. The number of hydrogen-bond donors (Lipinski definition) is 0. The fourth-order valence-corrected chi connectivity index (χ4v) is 1.46. The van der Waals surface area contributed by atoms with Gasteiger partial charge < -0.3 is 14.2 Å². The molecular formula is C11H14O4. The van der Waals surface area contributed by atoms with Gasteiger partial charge in [-0.3, -0.25) is 4.79 Å². The third kappa shape index (κ3) is 2.07. The van der Waals surface area contributed by atoms with E-state index in [1.165, 1.54) is 21.3 Å². The average molecular weight is 210 g/mol. The van der Waals surface area contributed by atoms with E-state index < -0.39 is 5.97 Å². The first-order valence-electron chi connectivity index (χ1n) is 4.44. The molecule has 0 bridgehead atoms. The monoisotopic (exact) mass is 210 g/mol. The lowest BCUT2D eigenvalue weighted by molar-refractivity contribution is -0.364. The zero-order valence-electron chi connectivity index (χ0n) is 9.02. The Bertz CT molecular complexity index is 323. The van der Waals surface area contributed by atoms with E-state index in [9.17, 15) is 4.79 Å². The third-order valence-electron chi connectivity index (χ3n) is 2.22. The van der Waals surface area contributed by atoms with Crippen LogP contribution in [0.5, 0.6) is 0 Å². The van der Waals surface area contributed by atoms with Crippen LogP contribution in [-0.2, 0) is 20.2 Å². The highest BCUT2D eigenvalue weighted by Gasteiger charge is 2.34. The van der Waals surface area contributed by atoms with Crippen LogP contribution in [0.3, 0.4) is 0 Å². The molecule has 0 unspecified atom stereocenters. The summed E-state index contributed by atoms with van der Waals surface area (Å²) in [6.45, 7) is 0. The molecule has 0 amide bonds. The van der Waals surface area contributed by atoms with Gasteiger partial charge in [0.1, 0.15) is 0 Å². The Hall–Kier alpha value is -1.23. The summed E-state index contributed by atoms with van der Waals surface area (Å²) >= 11 is 0. The van der Waals surface area contributed by atoms with Crippen molar-refractivity contribution in [2.45, 2.75) is 5.97 Å². The van der Waals surface area contributed by atoms with Crippen LogP contribution < -0.4 is 0 Å². The highest BCUT2D eigenvalue weighted by molar-refractivity contribution is 5.77. The van der Waals surface area contributed by atoms with E-state index in [1.54, 1.807) is 24.3 Å². The molecule has 1 aromatic carbocycles. The molecule has 0 saturated heterocycles. The van der Waals surface area contributed by atoms with Gasteiger partial charge in [-0.15, -0.1) is 0 Å². The molecule has 0 aliphatic rings. The fourth-order valence-electron chi connectivity index (χ4n) is 1.46. The van der Waals surface area contributed by atoms with Crippen LogP contribution in [0.4, 0.5) is 0 Å². The molecule has 0 spiro atoms. The molecular weight excluding hydrogens is 196 g/mol. The van der Waals surface area contributed by atoms with Crippen LogP contribution in [0.1, 0.15) is 15.9 Å². The molecule has 4 heteroatoms. The van der Waals surface area contributed by atoms with E-state index in [1.807, 2.05) is 0 Å². The second-order valence-corrected chi connectivity index (χ2v) is 2.87. The molecule has 1 rings (SSSR count). The van der Waals surface area contributed by atoms with Crippen LogP contribution in [0, 0.1) is 0 Å². The van der Waals surface area contributed by atoms with Crippen LogP contribution in [-0.4, -0.2) is 27.6 Å². The van der Waals surface area contributed by atoms with Crippen molar-refractivity contribution in [1.29, 1.82) is 0 Å². The van der Waals surface area contributed by atoms with Gasteiger partial charge in [0.15, 0.2) is 6.29 Å². The number of methoxy groups -OCH3 is 3. The zero-order chi connectivity index (χ0) is 11.3. The Morgan fingerprint density at radius 1 is 1.07 bits per heavy atom. The number of benzene rings is 1. The summed E-state index contributed by atoms with van der Waals surface area (Å²) in [5, 5.41) is 0. The molecule has 0 fully saturated rings. The molecule has 0 radical (unpaired) electrons. The Morgan fingerprint density at radius 2 is 1.60 bits per heavy atom. The van der Waals surface area contributed by atoms with Gasteiger partial charge in [-0.1, -0.05) is 24.3 Å². The van der Waals surface area contributed by atoms with E-state index in [0.717, 1.165) is 6.29 Å². The Morgan fingerprint density at radius 3 is 2.07 bits per heavy atom. The predicted octanol–water partition coefficient (Wildman–Crippen LogP) is 1.55. The van der Waals surface area contributed by atoms with Crippen LogP contribution in [0.25, 0.3) is 0 Å². The van der Waals surface area contributed by atoms with Crippen molar-refractivity contribution < 1.29 is 19.0 Å². The van der Waals surface area contributed by atoms with Gasteiger partial charge in [0.25, 0.3) is 0 Å². The van der Waals surface area contributed by atoms with Gasteiger partial charge >= 0.3 is 5.97 Å². The van der Waals surface area contributed by atoms with Crippen LogP contribution >= 0.6 is 0 Å². The lowest BCUT2D eigenvalue weighted by atomic mass is 10.1. The van der Waals surface area contributed by atoms with Crippen molar-refractivity contribution in [3.05, 3.63) is 35.4 Å². The standard InChI is InChI=1S/C11H14O4/c1-13-11(14-2,15-3)10-7-5-4-6-9(10)8-12/h4-8H,1-3H3. The minimum absolute atomic E-state index is 0.475. The summed E-state index contributed by atoms with van der Waals surface area (Å²) in [4.78, 5) is 10.9. The van der Waals surface area contributed by atoms with Crippen molar-refractivity contribution in [2.24, 2.45) is 0 Å². The normalized spacial score (nSPS) is 11.4. The van der Waals surface area contributed by atoms with Gasteiger partial charge in [-0.25, -0.2) is 0 Å². The molecule has 0 atom stereocenters. The quantitative estimate of drug-likeness (QED) is 0.546. The van der Waals surface area contributed by atoms with E-state index in [-0.39, 0.29) is 0 Å². The van der Waals surface area contributed by atoms with Crippen molar-refractivity contribution in [3.63, 3.8) is 0 Å². The smallest absolute Gasteiger partial charge is 0.311 e. The van der Waals surface area contributed by atoms with Crippen LogP contribution in [0.2, 0.25) is 0 Å². The van der Waals surface area contributed by atoms with E-state index in [2.05, 4.69) is 0 Å². The molecule has 15 heavy (non-hydrogen) atoms. The van der Waals surface area contributed by atoms with Gasteiger partial charge in [0.2, 0.25) is 0 Å². The number of hydrogen-bond acceptors (Lipinski definition) is 4. The van der Waals surface area contributed by atoms with Crippen molar-refractivity contribution in [1.82, 2.24) is 0 Å². The maximum Gasteiger partial charge on any atom is 0.311 e. The maximum absolute atomic E-state index is 10.9. The Labute approximate surface area is 88.8 Å².